The Morgan fingerprint density at radius 1 is 1.44 bits per heavy atom. The van der Waals surface area contributed by atoms with Crippen molar-refractivity contribution in [2.24, 2.45) is 12.9 Å². The molecule has 0 aliphatic carbocycles. The largest absolute Gasteiger partial charge is 0.292 e. The molecule has 2 aromatic heterocycles. The van der Waals surface area contributed by atoms with Gasteiger partial charge in [0.15, 0.2) is 5.16 Å². The second-order valence-corrected chi connectivity index (χ2v) is 4.07. The monoisotopic (exact) mass is 237 g/mol. The number of nitrogens with zero attached hydrogens (tertiary/aromatic N) is 5. The van der Waals surface area contributed by atoms with Crippen molar-refractivity contribution < 1.29 is 0 Å². The molecule has 0 aliphatic rings. The van der Waals surface area contributed by atoms with E-state index in [0.29, 0.717) is 5.95 Å². The van der Waals surface area contributed by atoms with Crippen LogP contribution in [0.3, 0.4) is 0 Å². The minimum Gasteiger partial charge on any atom is -0.292 e. The topological polar surface area (TPSA) is 94.5 Å². The summed E-state index contributed by atoms with van der Waals surface area (Å²) in [4.78, 5) is 12.4. The minimum atomic E-state index is 0.393. The number of nitrogens with two attached hydrogens (primary N) is 1. The Morgan fingerprint density at radius 2 is 2.25 bits per heavy atom. The Kier molecular flexibility index (Phi) is 3.02. The highest BCUT2D eigenvalue weighted by atomic mass is 32.2. The van der Waals surface area contributed by atoms with Crippen LogP contribution < -0.4 is 11.3 Å². The fourth-order valence-corrected chi connectivity index (χ4v) is 1.96. The Hall–Kier alpha value is -1.67. The van der Waals surface area contributed by atoms with Crippen LogP contribution in [0.4, 0.5) is 5.95 Å². The summed E-state index contributed by atoms with van der Waals surface area (Å²) >= 11 is 1.41. The van der Waals surface area contributed by atoms with Crippen LogP contribution in [0.2, 0.25) is 0 Å². The molecule has 16 heavy (non-hydrogen) atoms. The van der Waals surface area contributed by atoms with E-state index in [4.69, 9.17) is 5.84 Å². The zero-order chi connectivity index (χ0) is 11.5. The number of aryl methyl sites for hydroxylation is 2. The Morgan fingerprint density at radius 3 is 2.88 bits per heavy atom. The molecule has 0 bridgehead atoms. The van der Waals surface area contributed by atoms with Crippen molar-refractivity contribution >= 4 is 17.7 Å². The van der Waals surface area contributed by atoms with Gasteiger partial charge in [0.05, 0.1) is 0 Å². The predicted octanol–water partition coefficient (Wildman–Crippen LogP) is 0.350. The normalized spacial score (nSPS) is 10.4. The number of anilines is 1. The van der Waals surface area contributed by atoms with Crippen LogP contribution in [0.25, 0.3) is 0 Å². The van der Waals surface area contributed by atoms with Gasteiger partial charge in [0.2, 0.25) is 5.95 Å². The van der Waals surface area contributed by atoms with Gasteiger partial charge in [0.25, 0.3) is 0 Å². The average Bonchev–Trinajstić information content (AvgIpc) is 2.63. The lowest BCUT2D eigenvalue weighted by Crippen LogP contribution is -2.11. The maximum atomic E-state index is 5.27. The average molecular weight is 237 g/mol. The third-order valence-electron chi connectivity index (χ3n) is 1.83. The summed E-state index contributed by atoms with van der Waals surface area (Å²) in [6.07, 6.45) is 1.50. The number of aromatic nitrogens is 5. The van der Waals surface area contributed by atoms with Gasteiger partial charge < -0.3 is 0 Å². The smallest absolute Gasteiger partial charge is 0.238 e. The predicted molar refractivity (Wildman–Crippen MR) is 59.7 cm³/mol. The SMILES string of the molecule is Cc1cc(Sc2ncnn2C)nc(NN)n1. The standard InChI is InChI=1S/C8H11N7S/c1-5-3-6(13-7(12-5)14-9)16-8-10-4-11-15(8)2/h3-4H,9H2,1-2H3,(H,12,13,14). The van der Waals surface area contributed by atoms with E-state index >= 15 is 0 Å². The van der Waals surface area contributed by atoms with Gasteiger partial charge in [-0.3, -0.25) is 5.43 Å². The molecular formula is C8H11N7S. The van der Waals surface area contributed by atoms with Crippen molar-refractivity contribution in [1.29, 1.82) is 0 Å². The van der Waals surface area contributed by atoms with E-state index in [1.807, 2.05) is 20.0 Å². The van der Waals surface area contributed by atoms with Gasteiger partial charge in [-0.1, -0.05) is 0 Å². The fourth-order valence-electron chi connectivity index (χ4n) is 1.13. The molecule has 8 heteroatoms. The molecule has 2 rings (SSSR count). The minimum absolute atomic E-state index is 0.393. The van der Waals surface area contributed by atoms with Crippen LogP contribution in [0, 0.1) is 6.92 Å². The third kappa shape index (κ3) is 2.28. The molecule has 0 spiro atoms. The Labute approximate surface area is 96.5 Å². The highest BCUT2D eigenvalue weighted by molar-refractivity contribution is 7.99. The lowest BCUT2D eigenvalue weighted by molar-refractivity contribution is 0.684. The van der Waals surface area contributed by atoms with Crippen molar-refractivity contribution in [2.45, 2.75) is 17.1 Å². The lowest BCUT2D eigenvalue weighted by Gasteiger charge is -2.03. The molecule has 2 heterocycles. The number of hydrazine groups is 1. The number of hydrogen-bond acceptors (Lipinski definition) is 7. The van der Waals surface area contributed by atoms with E-state index in [0.717, 1.165) is 15.9 Å². The maximum absolute atomic E-state index is 5.27. The van der Waals surface area contributed by atoms with Gasteiger partial charge >= 0.3 is 0 Å². The Bertz CT molecular complexity index is 495. The molecule has 0 atom stereocenters. The lowest BCUT2D eigenvalue weighted by atomic mass is 10.5. The molecule has 0 fully saturated rings. The molecule has 0 saturated heterocycles. The second kappa shape index (κ2) is 4.45. The molecule has 0 unspecified atom stereocenters. The first-order valence-corrected chi connectivity index (χ1v) is 5.35. The van der Waals surface area contributed by atoms with Crippen LogP contribution >= 0.6 is 11.8 Å². The van der Waals surface area contributed by atoms with Crippen LogP contribution in [-0.2, 0) is 7.05 Å². The summed E-state index contributed by atoms with van der Waals surface area (Å²) in [6, 6.07) is 1.86. The van der Waals surface area contributed by atoms with Gasteiger partial charge in [-0.2, -0.15) is 5.10 Å². The van der Waals surface area contributed by atoms with E-state index in [1.54, 1.807) is 4.68 Å². The van der Waals surface area contributed by atoms with Crippen molar-refractivity contribution in [3.05, 3.63) is 18.1 Å². The summed E-state index contributed by atoms with van der Waals surface area (Å²) in [5, 5.41) is 5.52. The van der Waals surface area contributed by atoms with Gasteiger partial charge in [0, 0.05) is 12.7 Å². The van der Waals surface area contributed by atoms with Crippen LogP contribution in [0.5, 0.6) is 0 Å². The van der Waals surface area contributed by atoms with Gasteiger partial charge in [-0.15, -0.1) is 0 Å². The van der Waals surface area contributed by atoms with Crippen LogP contribution in [0.1, 0.15) is 5.69 Å². The number of nitrogen functional groups attached to an aromatic ring is 1. The first-order valence-electron chi connectivity index (χ1n) is 4.53. The highest BCUT2D eigenvalue weighted by Crippen LogP contribution is 2.24. The first-order chi connectivity index (χ1) is 7.69. The molecule has 0 amide bonds. The molecule has 2 aromatic rings. The summed E-state index contributed by atoms with van der Waals surface area (Å²) < 4.78 is 1.68. The van der Waals surface area contributed by atoms with Crippen LogP contribution in [-0.4, -0.2) is 24.7 Å². The third-order valence-corrected chi connectivity index (χ3v) is 2.80. The maximum Gasteiger partial charge on any atom is 0.238 e. The molecule has 0 radical (unpaired) electrons. The molecule has 7 nitrogen and oxygen atoms in total. The number of nitrogens with one attached hydrogen (secondary N) is 1. The first kappa shape index (κ1) is 10.8. The van der Waals surface area contributed by atoms with Gasteiger partial charge in [-0.05, 0) is 24.8 Å². The van der Waals surface area contributed by atoms with Gasteiger partial charge in [0.1, 0.15) is 11.4 Å². The van der Waals surface area contributed by atoms with Crippen molar-refractivity contribution in [1.82, 2.24) is 24.7 Å². The number of rotatable bonds is 3. The van der Waals surface area contributed by atoms with Crippen LogP contribution in [0.15, 0.2) is 22.6 Å². The number of hydrogen-bond donors (Lipinski definition) is 2. The Balaban J connectivity index is 2.28. The highest BCUT2D eigenvalue weighted by Gasteiger charge is 2.07. The van der Waals surface area contributed by atoms with Crippen molar-refractivity contribution in [3.63, 3.8) is 0 Å². The van der Waals surface area contributed by atoms with E-state index < -0.39 is 0 Å². The summed E-state index contributed by atoms with van der Waals surface area (Å²) in [5.74, 6) is 5.67. The molecule has 84 valence electrons. The zero-order valence-corrected chi connectivity index (χ0v) is 9.69. The van der Waals surface area contributed by atoms with Gasteiger partial charge in [-0.25, -0.2) is 25.5 Å². The quantitative estimate of drug-likeness (QED) is 0.452. The van der Waals surface area contributed by atoms with Crippen molar-refractivity contribution in [2.75, 3.05) is 5.43 Å². The zero-order valence-electron chi connectivity index (χ0n) is 8.88. The summed E-state index contributed by atoms with van der Waals surface area (Å²) in [7, 11) is 1.82. The fraction of sp³-hybridized carbons (Fsp3) is 0.250. The molecule has 0 aliphatic heterocycles. The molecule has 3 N–H and O–H groups in total. The summed E-state index contributed by atoms with van der Waals surface area (Å²) in [5.41, 5.74) is 3.26. The molecule has 0 saturated carbocycles. The van der Waals surface area contributed by atoms with E-state index in [2.05, 4.69) is 25.5 Å². The van der Waals surface area contributed by atoms with Crippen molar-refractivity contribution in [3.8, 4) is 0 Å². The molecular weight excluding hydrogens is 226 g/mol. The van der Waals surface area contributed by atoms with E-state index in [1.165, 1.54) is 18.1 Å². The van der Waals surface area contributed by atoms with E-state index in [-0.39, 0.29) is 0 Å². The molecule has 0 aromatic carbocycles. The second-order valence-electron chi connectivity index (χ2n) is 3.08. The van der Waals surface area contributed by atoms with E-state index in [9.17, 15) is 0 Å². The summed E-state index contributed by atoms with van der Waals surface area (Å²) in [6.45, 7) is 1.88.